The Bertz CT molecular complexity index is 2720. The first-order chi connectivity index (χ1) is 42.3. The largest absolute Gasteiger partial charge is 0.467 e. The highest BCUT2D eigenvalue weighted by molar-refractivity contribution is 8.76. The molecule has 0 aliphatic heterocycles. The van der Waals surface area contributed by atoms with Gasteiger partial charge in [0.2, 0.25) is 47.3 Å². The maximum absolute atomic E-state index is 13.5. The predicted octanol–water partition coefficient (Wildman–Crippen LogP) is 1.79. The van der Waals surface area contributed by atoms with E-state index in [1.165, 1.54) is 13.8 Å². The van der Waals surface area contributed by atoms with Crippen molar-refractivity contribution < 1.29 is 76.5 Å². The van der Waals surface area contributed by atoms with Gasteiger partial charge in [-0.3, -0.25) is 38.4 Å². The minimum atomic E-state index is -1.17. The van der Waals surface area contributed by atoms with E-state index >= 15 is 0 Å². The zero-order valence-corrected chi connectivity index (χ0v) is 50.9. The number of benzene rings is 4. The number of rotatable bonds is 37. The Morgan fingerprint density at radius 1 is 0.364 bits per heavy atom. The molecule has 0 aliphatic carbocycles. The number of nitrogens with one attached hydrogen (secondary N) is 10. The number of alkyl carbamates (subject to hydrolysis) is 2. The molecule has 28 heteroatoms. The van der Waals surface area contributed by atoms with E-state index in [0.717, 1.165) is 58.1 Å². The van der Waals surface area contributed by atoms with Crippen molar-refractivity contribution in [2.75, 3.05) is 51.9 Å². The Morgan fingerprint density at radius 3 is 0.932 bits per heavy atom. The molecule has 0 spiro atoms. The van der Waals surface area contributed by atoms with E-state index in [1.54, 1.807) is 109 Å². The molecule has 6 atom stereocenters. The summed E-state index contributed by atoms with van der Waals surface area (Å²) in [6.07, 6.45) is -2.40. The summed E-state index contributed by atoms with van der Waals surface area (Å²) >= 11 is 0. The van der Waals surface area contributed by atoms with Gasteiger partial charge in [-0.2, -0.15) is 0 Å². The molecule has 0 aliphatic rings. The molecule has 26 nitrogen and oxygen atoms in total. The number of carbonyl (C=O) groups excluding carboxylic acids is 12. The molecule has 10 amide bonds. The van der Waals surface area contributed by atoms with E-state index in [0.29, 0.717) is 0 Å². The highest BCUT2D eigenvalue weighted by Gasteiger charge is 2.28. The first kappa shape index (κ1) is 71.3. The number of methoxy groups -OCH3 is 2. The van der Waals surface area contributed by atoms with E-state index in [9.17, 15) is 57.5 Å². The third kappa shape index (κ3) is 28.8. The van der Waals surface area contributed by atoms with Crippen LogP contribution in [0.15, 0.2) is 121 Å². The molecule has 0 aromatic heterocycles. The monoisotopic (exact) mass is 1260 g/mol. The van der Waals surface area contributed by atoms with Gasteiger partial charge >= 0.3 is 24.1 Å². The number of esters is 2. The SMILES string of the molecule is COC(=O)[C@H](CSSC[C@H](NC(=O)CCNC(=O)[C@H](Cc1ccccc1)NC(=O)CCNC(=O)[C@H](C)NC(=O)OCc1ccccc1)C(=O)OC)NC(=O)CCNC(=O)[C@H](Cc1ccccc1)NC(=O)CCNC(=O)[C@H](C)NC(=O)OCc1ccccc1. The Labute approximate surface area is 517 Å². The number of hydrogen-bond donors (Lipinski definition) is 10. The van der Waals surface area contributed by atoms with E-state index in [1.807, 2.05) is 12.1 Å². The van der Waals surface area contributed by atoms with Crippen LogP contribution in [0.25, 0.3) is 0 Å². The average molecular weight is 1260 g/mol. The van der Waals surface area contributed by atoms with Gasteiger partial charge in [0.25, 0.3) is 0 Å². The molecule has 0 fully saturated rings. The smallest absolute Gasteiger partial charge is 0.408 e. The van der Waals surface area contributed by atoms with Gasteiger partial charge in [0.15, 0.2) is 0 Å². The molecule has 88 heavy (non-hydrogen) atoms. The summed E-state index contributed by atoms with van der Waals surface area (Å²) in [5.41, 5.74) is 2.98. The van der Waals surface area contributed by atoms with Gasteiger partial charge < -0.3 is 72.1 Å². The highest BCUT2D eigenvalue weighted by atomic mass is 33.1. The second-order valence-corrected chi connectivity index (χ2v) is 22.0. The van der Waals surface area contributed by atoms with E-state index in [-0.39, 0.29) is 89.4 Å². The minimum absolute atomic E-state index is 0.00841. The van der Waals surface area contributed by atoms with E-state index in [2.05, 4.69) is 53.2 Å². The fourth-order valence-corrected chi connectivity index (χ4v) is 10.1. The summed E-state index contributed by atoms with van der Waals surface area (Å²) in [4.78, 5) is 154. The van der Waals surface area contributed by atoms with Crippen LogP contribution < -0.4 is 53.2 Å². The molecule has 4 aromatic carbocycles. The van der Waals surface area contributed by atoms with Crippen molar-refractivity contribution in [2.24, 2.45) is 0 Å². The van der Waals surface area contributed by atoms with E-state index in [4.69, 9.17) is 18.9 Å². The second kappa shape index (κ2) is 40.2. The average Bonchev–Trinajstić information content (AvgIpc) is 3.58. The molecule has 0 unspecified atom stereocenters. The number of amides is 10. The molecule has 474 valence electrons. The summed E-state index contributed by atoms with van der Waals surface area (Å²) in [6.45, 7) is 2.31. The number of ether oxygens (including phenoxy) is 4. The maximum atomic E-state index is 13.5. The molecule has 0 heterocycles. The standard InChI is InChI=1S/C60H76N10O16S2/c1-39(65-59(81)85-35-43-21-13-7-14-22-43)53(75)61-29-25-49(71)67-45(33-41-17-9-5-10-18-41)55(77)63-31-27-51(73)69-47(57(79)83-3)37-87-88-38-48(58(80)84-4)70-52(74)28-32-64-56(78)46(34-42-19-11-6-12-20-42)68-50(72)26-30-62-54(76)40(2)66-60(82)86-36-44-23-15-8-16-24-44/h5-24,39-40,45-48H,25-38H2,1-4H3,(H,61,75)(H,62,76)(H,63,77)(H,64,78)(H,65,81)(H,66,82)(H,67,71)(H,68,72)(H,69,73)(H,70,74)/t39-,40-,45-,46-,47-,48-/m0/s1. The van der Waals surface area contributed by atoms with Gasteiger partial charge in [-0.15, -0.1) is 0 Å². The molecular weight excluding hydrogens is 1180 g/mol. The van der Waals surface area contributed by atoms with Gasteiger partial charge in [0, 0.05) is 76.2 Å². The quantitative estimate of drug-likeness (QED) is 0.0133. The van der Waals surface area contributed by atoms with Gasteiger partial charge in [-0.05, 0) is 36.1 Å². The molecule has 4 aromatic rings. The highest BCUT2D eigenvalue weighted by Crippen LogP contribution is 2.24. The summed E-state index contributed by atoms with van der Waals surface area (Å²) in [5, 5.41) is 25.8. The van der Waals surface area contributed by atoms with E-state index < -0.39 is 108 Å². The van der Waals surface area contributed by atoms with Crippen LogP contribution in [0, 0.1) is 0 Å². The molecular formula is C60H76N10O16S2. The molecule has 0 bridgehead atoms. The molecule has 4 rings (SSSR count). The van der Waals surface area contributed by atoms with Crippen molar-refractivity contribution >= 4 is 93.0 Å². The van der Waals surface area contributed by atoms with Crippen LogP contribution in [0.5, 0.6) is 0 Å². The van der Waals surface area contributed by atoms with Crippen LogP contribution in [0.2, 0.25) is 0 Å². The van der Waals surface area contributed by atoms with Crippen LogP contribution in [-0.4, -0.2) is 160 Å². The van der Waals surface area contributed by atoms with Crippen LogP contribution in [0.1, 0.15) is 61.8 Å². The fraction of sp³-hybridized carbons (Fsp3) is 0.400. The lowest BCUT2D eigenvalue weighted by atomic mass is 10.0. The zero-order valence-electron chi connectivity index (χ0n) is 49.3. The Kier molecular flexibility index (Phi) is 32.6. The van der Waals surface area contributed by atoms with Crippen LogP contribution in [0.4, 0.5) is 9.59 Å². The molecule has 0 radical (unpaired) electrons. The first-order valence-corrected chi connectivity index (χ1v) is 30.5. The number of carbonyl (C=O) groups is 12. The van der Waals surface area contributed by atoms with Crippen LogP contribution >= 0.6 is 21.6 Å². The second-order valence-electron chi connectivity index (χ2n) is 19.5. The molecule has 0 saturated carbocycles. The van der Waals surface area contributed by atoms with Crippen molar-refractivity contribution in [3.05, 3.63) is 144 Å². The van der Waals surface area contributed by atoms with Gasteiger partial charge in [0.05, 0.1) is 14.2 Å². The lowest BCUT2D eigenvalue weighted by Gasteiger charge is -2.20. The van der Waals surface area contributed by atoms with Crippen molar-refractivity contribution in [2.45, 2.75) is 102 Å². The van der Waals surface area contributed by atoms with Gasteiger partial charge in [-0.1, -0.05) is 143 Å². The van der Waals surface area contributed by atoms with Crippen molar-refractivity contribution in [1.82, 2.24) is 53.2 Å². The predicted molar refractivity (Wildman–Crippen MR) is 326 cm³/mol. The lowest BCUT2D eigenvalue weighted by Crippen LogP contribution is -2.50. The summed E-state index contributed by atoms with van der Waals surface area (Å²) in [5.74, 6) is -6.41. The van der Waals surface area contributed by atoms with Crippen LogP contribution in [-0.2, 0) is 92.9 Å². The maximum Gasteiger partial charge on any atom is 0.408 e. The number of hydrogen-bond acceptors (Lipinski definition) is 18. The minimum Gasteiger partial charge on any atom is -0.467 e. The molecule has 0 saturated heterocycles. The van der Waals surface area contributed by atoms with Crippen LogP contribution in [0.3, 0.4) is 0 Å². The summed E-state index contributed by atoms with van der Waals surface area (Å²) in [6, 6.07) is 29.2. The fourth-order valence-electron chi connectivity index (χ4n) is 7.80. The molecule has 10 N–H and O–H groups in total. The third-order valence-corrected chi connectivity index (χ3v) is 15.0. The third-order valence-electron chi connectivity index (χ3n) is 12.5. The Morgan fingerprint density at radius 2 is 0.636 bits per heavy atom. The van der Waals surface area contributed by atoms with Gasteiger partial charge in [0.1, 0.15) is 49.5 Å². The zero-order chi connectivity index (χ0) is 64.1. The van der Waals surface area contributed by atoms with Crippen molar-refractivity contribution in [3.63, 3.8) is 0 Å². The van der Waals surface area contributed by atoms with Gasteiger partial charge in [-0.25, -0.2) is 19.2 Å². The lowest BCUT2D eigenvalue weighted by molar-refractivity contribution is -0.144. The van der Waals surface area contributed by atoms with Crippen molar-refractivity contribution in [3.8, 4) is 0 Å². The summed E-state index contributed by atoms with van der Waals surface area (Å²) in [7, 11) is 4.42. The normalized spacial score (nSPS) is 12.6. The summed E-state index contributed by atoms with van der Waals surface area (Å²) < 4.78 is 20.1. The topological polar surface area (TPSA) is 362 Å². The Balaban J connectivity index is 1.18. The first-order valence-electron chi connectivity index (χ1n) is 28.0. The Hall–Kier alpha value is -9.18. The van der Waals surface area contributed by atoms with Crippen molar-refractivity contribution in [1.29, 1.82) is 0 Å².